The summed E-state index contributed by atoms with van der Waals surface area (Å²) in [5.74, 6) is 0.521. The van der Waals surface area contributed by atoms with E-state index >= 15 is 0 Å². The third kappa shape index (κ3) is 10.7. The van der Waals surface area contributed by atoms with Gasteiger partial charge in [-0.25, -0.2) is 0 Å². The summed E-state index contributed by atoms with van der Waals surface area (Å²) in [5.41, 5.74) is 21.6. The average molecular weight is 1200 g/mol. The monoisotopic (exact) mass is 1200 g/mol. The van der Waals surface area contributed by atoms with Gasteiger partial charge >= 0.3 is 21.1 Å². The van der Waals surface area contributed by atoms with E-state index in [4.69, 9.17) is 0 Å². The summed E-state index contributed by atoms with van der Waals surface area (Å²) in [4.78, 5) is 10.9. The van der Waals surface area contributed by atoms with Gasteiger partial charge in [0.25, 0.3) is 0 Å². The van der Waals surface area contributed by atoms with Crippen molar-refractivity contribution >= 4 is 62.6 Å². The van der Waals surface area contributed by atoms with Gasteiger partial charge in [0.15, 0.2) is 0 Å². The second-order valence-electron chi connectivity index (χ2n) is 19.6. The molecule has 2 heterocycles. The normalized spacial score (nSPS) is 12.3. The zero-order valence-corrected chi connectivity index (χ0v) is 46.7. The Morgan fingerprint density at radius 2 is 0.833 bits per heavy atom. The third-order valence-corrected chi connectivity index (χ3v) is 14.5. The van der Waals surface area contributed by atoms with Crippen molar-refractivity contribution < 1.29 is 31.3 Å². The van der Waals surface area contributed by atoms with Crippen molar-refractivity contribution in [2.75, 3.05) is 36.4 Å². The van der Waals surface area contributed by atoms with Gasteiger partial charge in [-0.15, -0.1) is 6.67 Å². The Balaban J connectivity index is 0.000000174. The van der Waals surface area contributed by atoms with Crippen molar-refractivity contribution in [3.8, 4) is 33.8 Å². The minimum atomic E-state index is 0. The Bertz CT molecular complexity index is 3560. The number of phenolic OH excluding ortho intramolecular Hbond substituents is 2. The second kappa shape index (κ2) is 23.3. The van der Waals surface area contributed by atoms with E-state index in [1.807, 2.05) is 84.4 Å². The van der Waals surface area contributed by atoms with Crippen molar-refractivity contribution in [2.24, 2.45) is 0 Å². The first kappa shape index (κ1) is 52.7. The number of nitrogens with one attached hydrogen (secondary N) is 1. The fourth-order valence-electron chi connectivity index (χ4n) is 11.0. The number of fused-ring (bicyclic) bond motifs is 2. The van der Waals surface area contributed by atoms with Crippen molar-refractivity contribution in [3.05, 3.63) is 272 Å². The molecular weight excluding hydrogens is 1140 g/mol. The van der Waals surface area contributed by atoms with Crippen molar-refractivity contribution in [1.29, 1.82) is 0 Å². The van der Waals surface area contributed by atoms with E-state index in [1.165, 1.54) is 5.56 Å². The van der Waals surface area contributed by atoms with Gasteiger partial charge in [0, 0.05) is 57.7 Å². The molecule has 0 saturated carbocycles. The van der Waals surface area contributed by atoms with Crippen molar-refractivity contribution in [3.63, 3.8) is 0 Å². The molecule has 0 atom stereocenters. The number of rotatable bonds is 11. The van der Waals surface area contributed by atoms with Crippen LogP contribution in [-0.2, 0) is 27.6 Å². The van der Waals surface area contributed by atoms with Crippen molar-refractivity contribution in [2.45, 2.75) is 41.2 Å². The standard InChI is InChI=1S/C35H32N3O.C34H30N3O.Pt/c1-4-36-24-37(32-18-12-11-17-31(32)36)33-20-19-27(23-34(33)39)35-25(2)21-30(22-26(35)3)38(28-13-7-5-8-14-28)29-15-9-6-10-16-29;1-24-19-30(37(28-12-5-3-6-13-28)29-14-7-4-8-15-29)20-25(2)34(24)26-17-18-32(33(38)21-26)36-22-27-11-9-10-16-31(27)35-23-36;/h5-24,39H,4H2,1-3H3;3-21,23,35,38H,22H2,1-2H3;/q2*-1;+2. The maximum Gasteiger partial charge on any atom is 2.00 e. The minimum Gasteiger partial charge on any atom is -0.516 e. The van der Waals surface area contributed by atoms with Crippen LogP contribution in [0.1, 0.15) is 34.7 Å². The van der Waals surface area contributed by atoms with Crippen LogP contribution in [0, 0.1) is 41.0 Å². The maximum absolute atomic E-state index is 11.2. The molecule has 0 radical (unpaired) electrons. The Kier molecular flexibility index (Phi) is 15.7. The Morgan fingerprint density at radius 1 is 0.436 bits per heavy atom. The topological polar surface area (TPSA) is 68.7 Å². The van der Waals surface area contributed by atoms with Gasteiger partial charge in [-0.1, -0.05) is 115 Å². The number of aromatic hydroxyl groups is 2. The van der Waals surface area contributed by atoms with Crippen LogP contribution in [0.5, 0.6) is 11.5 Å². The fourth-order valence-corrected chi connectivity index (χ4v) is 11.0. The van der Waals surface area contributed by atoms with Gasteiger partial charge in [0.05, 0.1) is 11.4 Å². The van der Waals surface area contributed by atoms with Gasteiger partial charge in [-0.2, -0.15) is 6.67 Å². The maximum atomic E-state index is 11.2. The summed E-state index contributed by atoms with van der Waals surface area (Å²) in [5, 5.41) is 25.6. The van der Waals surface area contributed by atoms with Crippen LogP contribution in [0.4, 0.5) is 62.6 Å². The summed E-state index contributed by atoms with van der Waals surface area (Å²) < 4.78 is 0. The molecule has 78 heavy (non-hydrogen) atoms. The largest absolute Gasteiger partial charge is 2.00 e. The first-order valence-electron chi connectivity index (χ1n) is 26.3. The number of nitrogens with zero attached hydrogens (tertiary/aromatic N) is 5. The number of aryl methyl sites for hydroxylation is 4. The summed E-state index contributed by atoms with van der Waals surface area (Å²) in [6, 6.07) is 79.2. The predicted octanol–water partition coefficient (Wildman–Crippen LogP) is 17.9. The van der Waals surface area contributed by atoms with Gasteiger partial charge in [-0.3, -0.25) is 0 Å². The summed E-state index contributed by atoms with van der Waals surface area (Å²) in [7, 11) is 0. The van der Waals surface area contributed by atoms with E-state index < -0.39 is 0 Å². The second-order valence-corrected chi connectivity index (χ2v) is 19.6. The van der Waals surface area contributed by atoms with E-state index in [9.17, 15) is 10.2 Å². The molecule has 0 bridgehead atoms. The Hall–Kier alpha value is -8.71. The number of anilines is 11. The quantitative estimate of drug-likeness (QED) is 0.111. The average Bonchev–Trinajstić information content (AvgIpc) is 3.88. The zero-order chi connectivity index (χ0) is 53.0. The van der Waals surface area contributed by atoms with Crippen LogP contribution in [0.3, 0.4) is 0 Å². The van der Waals surface area contributed by atoms with E-state index in [2.05, 4.69) is 224 Å². The first-order valence-corrected chi connectivity index (χ1v) is 26.3. The first-order chi connectivity index (χ1) is 37.6. The molecule has 0 unspecified atom stereocenters. The smallest absolute Gasteiger partial charge is 0.516 e. The number of hydrogen-bond donors (Lipinski definition) is 3. The summed E-state index contributed by atoms with van der Waals surface area (Å²) in [6.45, 7) is 16.3. The molecular formula is C69H62N6O2Pt. The van der Waals surface area contributed by atoms with Crippen LogP contribution >= 0.6 is 0 Å². The van der Waals surface area contributed by atoms with Crippen LogP contribution < -0.4 is 29.8 Å². The molecule has 0 spiro atoms. The van der Waals surface area contributed by atoms with Crippen LogP contribution in [0.2, 0.25) is 0 Å². The molecule has 8 nitrogen and oxygen atoms in total. The van der Waals surface area contributed by atoms with E-state index in [0.29, 0.717) is 6.54 Å². The molecule has 9 heteroatoms. The zero-order valence-electron chi connectivity index (χ0n) is 44.5. The molecule has 0 amide bonds. The number of benzene rings is 10. The van der Waals surface area contributed by atoms with E-state index in [1.54, 1.807) is 0 Å². The molecule has 10 aromatic carbocycles. The van der Waals surface area contributed by atoms with Gasteiger partial charge in [0.1, 0.15) is 11.5 Å². The molecule has 0 fully saturated rings. The number of phenols is 2. The Labute approximate surface area is 474 Å². The van der Waals surface area contributed by atoms with E-state index in [-0.39, 0.29) is 32.6 Å². The third-order valence-electron chi connectivity index (χ3n) is 14.5. The number of hydrogen-bond acceptors (Lipinski definition) is 8. The molecule has 3 N–H and O–H groups in total. The fraction of sp³-hybridized carbons (Fsp3) is 0.101. The molecule has 2 aliphatic rings. The molecule has 10 aromatic rings. The van der Waals surface area contributed by atoms with Gasteiger partial charge in [0.2, 0.25) is 0 Å². The van der Waals surface area contributed by atoms with Crippen molar-refractivity contribution in [1.82, 2.24) is 0 Å². The van der Waals surface area contributed by atoms with Crippen LogP contribution in [-0.4, -0.2) is 16.8 Å². The van der Waals surface area contributed by atoms with Gasteiger partial charge < -0.3 is 40.0 Å². The Morgan fingerprint density at radius 3 is 1.27 bits per heavy atom. The van der Waals surface area contributed by atoms with E-state index in [0.717, 1.165) is 114 Å². The summed E-state index contributed by atoms with van der Waals surface area (Å²) >= 11 is 0. The SMILES string of the molecule is CCN1[CH-]N(c2ccc(-c3c(C)cc(N(c4ccccc4)c4ccccc4)cc3C)cc2O)c2ccccc21.Cc1cc(N(c2ccccc2)c2ccccc2)cc(C)c1-c1ccc(N2[CH-]Nc3ccccc3C2)c(O)c1.[Pt+2]. The van der Waals surface area contributed by atoms with Crippen LogP contribution in [0.25, 0.3) is 22.3 Å². The summed E-state index contributed by atoms with van der Waals surface area (Å²) in [6.07, 6.45) is 0. The minimum absolute atomic E-state index is 0. The molecule has 2 aliphatic heterocycles. The van der Waals surface area contributed by atoms with Crippen LogP contribution in [0.15, 0.2) is 231 Å². The molecule has 0 aromatic heterocycles. The number of para-hydroxylation sites is 7. The predicted molar refractivity (Wildman–Crippen MR) is 322 cm³/mol. The molecule has 390 valence electrons. The molecule has 0 saturated heterocycles. The molecule has 0 aliphatic carbocycles. The molecule has 12 rings (SSSR count). The van der Waals surface area contributed by atoms with Gasteiger partial charge in [-0.05, 0) is 206 Å².